The van der Waals surface area contributed by atoms with E-state index in [0.717, 1.165) is 19.8 Å². The number of likely N-dealkylation sites (N-methyl/N-ethyl adjacent to an activating group) is 1. The third-order valence-corrected chi connectivity index (χ3v) is 3.68. The van der Waals surface area contributed by atoms with Crippen LogP contribution in [0.2, 0.25) is 0 Å². The first kappa shape index (κ1) is 11.3. The maximum absolute atomic E-state index is 6.01. The number of piperazine rings is 1. The number of nitrogens with two attached hydrogens (primary N) is 1. The minimum absolute atomic E-state index is 0.247. The molecule has 2 heterocycles. The van der Waals surface area contributed by atoms with Crippen LogP contribution in [0.15, 0.2) is 0 Å². The molecule has 88 valence electrons. The molecule has 15 heavy (non-hydrogen) atoms. The maximum Gasteiger partial charge on any atom is 0.0621 e. The van der Waals surface area contributed by atoms with E-state index in [1.165, 1.54) is 19.6 Å². The number of nitrogens with zero attached hydrogens (tertiary/aromatic N) is 2. The van der Waals surface area contributed by atoms with E-state index < -0.39 is 0 Å². The van der Waals surface area contributed by atoms with E-state index in [1.807, 2.05) is 0 Å². The molecule has 3 unspecified atom stereocenters. The number of hydrogen-bond donors (Lipinski definition) is 1. The molecule has 0 bridgehead atoms. The van der Waals surface area contributed by atoms with E-state index in [-0.39, 0.29) is 6.04 Å². The highest BCUT2D eigenvalue weighted by Crippen LogP contribution is 2.16. The Hall–Kier alpha value is -0.160. The van der Waals surface area contributed by atoms with Crippen LogP contribution in [0.5, 0.6) is 0 Å². The zero-order valence-electron chi connectivity index (χ0n) is 9.85. The van der Waals surface area contributed by atoms with Crippen molar-refractivity contribution < 1.29 is 4.74 Å². The van der Waals surface area contributed by atoms with Crippen LogP contribution < -0.4 is 5.73 Å². The monoisotopic (exact) mass is 213 g/mol. The van der Waals surface area contributed by atoms with Gasteiger partial charge in [0.05, 0.1) is 13.2 Å². The van der Waals surface area contributed by atoms with Crippen LogP contribution in [-0.4, -0.2) is 68.3 Å². The molecule has 2 saturated heterocycles. The summed E-state index contributed by atoms with van der Waals surface area (Å²) < 4.78 is 5.41. The third kappa shape index (κ3) is 2.69. The van der Waals surface area contributed by atoms with Crippen molar-refractivity contribution in [2.24, 2.45) is 11.7 Å². The minimum atomic E-state index is 0.247. The lowest BCUT2D eigenvalue weighted by atomic mass is 10.0. The third-order valence-electron chi connectivity index (χ3n) is 3.68. The Balaban J connectivity index is 1.83. The topological polar surface area (TPSA) is 41.7 Å². The molecule has 0 saturated carbocycles. The normalized spacial score (nSPS) is 39.8. The molecule has 2 rings (SSSR count). The molecule has 4 nitrogen and oxygen atoms in total. The summed E-state index contributed by atoms with van der Waals surface area (Å²) in [6.07, 6.45) is 0. The Labute approximate surface area is 92.4 Å². The van der Waals surface area contributed by atoms with Gasteiger partial charge in [-0.2, -0.15) is 0 Å². The van der Waals surface area contributed by atoms with Crippen molar-refractivity contribution in [3.05, 3.63) is 0 Å². The van der Waals surface area contributed by atoms with Crippen molar-refractivity contribution in [2.75, 3.05) is 46.4 Å². The highest BCUT2D eigenvalue weighted by Gasteiger charge is 2.30. The van der Waals surface area contributed by atoms with Crippen molar-refractivity contribution in [2.45, 2.75) is 19.0 Å². The smallest absolute Gasteiger partial charge is 0.0621 e. The molecule has 0 aromatic rings. The quantitative estimate of drug-likeness (QED) is 0.677. The van der Waals surface area contributed by atoms with Gasteiger partial charge < -0.3 is 15.4 Å². The Morgan fingerprint density at radius 2 is 2.13 bits per heavy atom. The first-order chi connectivity index (χ1) is 7.16. The molecule has 0 aromatic carbocycles. The Bertz CT molecular complexity index is 212. The van der Waals surface area contributed by atoms with Gasteiger partial charge in [0.25, 0.3) is 0 Å². The van der Waals surface area contributed by atoms with Crippen LogP contribution in [0, 0.1) is 5.92 Å². The van der Waals surface area contributed by atoms with Crippen LogP contribution >= 0.6 is 0 Å². The van der Waals surface area contributed by atoms with E-state index >= 15 is 0 Å². The molecule has 0 amide bonds. The summed E-state index contributed by atoms with van der Waals surface area (Å²) >= 11 is 0. The molecular weight excluding hydrogens is 190 g/mol. The molecule has 0 aromatic heterocycles. The van der Waals surface area contributed by atoms with Crippen LogP contribution in [-0.2, 0) is 4.74 Å². The Morgan fingerprint density at radius 3 is 2.73 bits per heavy atom. The molecule has 3 atom stereocenters. The maximum atomic E-state index is 6.01. The van der Waals surface area contributed by atoms with Gasteiger partial charge in [-0.05, 0) is 14.0 Å². The summed E-state index contributed by atoms with van der Waals surface area (Å²) in [5.41, 5.74) is 6.01. The fraction of sp³-hybridized carbons (Fsp3) is 1.00. The lowest BCUT2D eigenvalue weighted by molar-refractivity contribution is 0.0795. The Kier molecular flexibility index (Phi) is 3.61. The van der Waals surface area contributed by atoms with E-state index in [2.05, 4.69) is 23.8 Å². The van der Waals surface area contributed by atoms with Crippen LogP contribution in [0.4, 0.5) is 0 Å². The summed E-state index contributed by atoms with van der Waals surface area (Å²) in [7, 11) is 2.19. The summed E-state index contributed by atoms with van der Waals surface area (Å²) in [6, 6.07) is 0.897. The molecule has 0 aliphatic carbocycles. The zero-order chi connectivity index (χ0) is 10.8. The van der Waals surface area contributed by atoms with Crippen LogP contribution in [0.1, 0.15) is 6.92 Å². The van der Waals surface area contributed by atoms with Gasteiger partial charge in [0, 0.05) is 44.2 Å². The van der Waals surface area contributed by atoms with E-state index in [9.17, 15) is 0 Å². The van der Waals surface area contributed by atoms with E-state index in [4.69, 9.17) is 10.5 Å². The molecular formula is C11H23N3O. The average Bonchev–Trinajstić information content (AvgIpc) is 2.57. The van der Waals surface area contributed by atoms with Gasteiger partial charge >= 0.3 is 0 Å². The fourth-order valence-corrected chi connectivity index (χ4v) is 2.55. The van der Waals surface area contributed by atoms with Gasteiger partial charge in [0.1, 0.15) is 0 Å². The van der Waals surface area contributed by atoms with Crippen molar-refractivity contribution in [1.29, 1.82) is 0 Å². The summed E-state index contributed by atoms with van der Waals surface area (Å²) in [5.74, 6) is 0.538. The summed E-state index contributed by atoms with van der Waals surface area (Å²) in [5, 5.41) is 0. The fourth-order valence-electron chi connectivity index (χ4n) is 2.55. The van der Waals surface area contributed by atoms with Crippen LogP contribution in [0.25, 0.3) is 0 Å². The van der Waals surface area contributed by atoms with E-state index in [0.29, 0.717) is 12.0 Å². The van der Waals surface area contributed by atoms with Gasteiger partial charge in [-0.25, -0.2) is 0 Å². The number of ether oxygens (including phenoxy) is 1. The molecule has 2 N–H and O–H groups in total. The predicted octanol–water partition coefficient (Wildman–Crippen LogP) is -0.404. The van der Waals surface area contributed by atoms with Crippen molar-refractivity contribution >= 4 is 0 Å². The lowest BCUT2D eigenvalue weighted by Gasteiger charge is -2.39. The van der Waals surface area contributed by atoms with Crippen molar-refractivity contribution in [1.82, 2.24) is 9.80 Å². The Morgan fingerprint density at radius 1 is 1.33 bits per heavy atom. The second kappa shape index (κ2) is 4.78. The number of rotatable bonds is 2. The SMILES string of the molecule is CC1CN(C)CCN1CC1COCC1N. The highest BCUT2D eigenvalue weighted by molar-refractivity contribution is 4.85. The van der Waals surface area contributed by atoms with Gasteiger partial charge in [0.15, 0.2) is 0 Å². The van der Waals surface area contributed by atoms with E-state index in [1.54, 1.807) is 0 Å². The largest absolute Gasteiger partial charge is 0.379 e. The molecule has 4 heteroatoms. The second-order valence-electron chi connectivity index (χ2n) is 5.07. The zero-order valence-corrected chi connectivity index (χ0v) is 9.85. The average molecular weight is 213 g/mol. The first-order valence-corrected chi connectivity index (χ1v) is 5.92. The minimum Gasteiger partial charge on any atom is -0.379 e. The lowest BCUT2D eigenvalue weighted by Crippen LogP contribution is -2.53. The predicted molar refractivity (Wildman–Crippen MR) is 60.8 cm³/mol. The van der Waals surface area contributed by atoms with Crippen molar-refractivity contribution in [3.63, 3.8) is 0 Å². The second-order valence-corrected chi connectivity index (χ2v) is 5.07. The molecule has 0 spiro atoms. The summed E-state index contributed by atoms with van der Waals surface area (Å²) in [6.45, 7) is 8.51. The van der Waals surface area contributed by atoms with Gasteiger partial charge in [-0.15, -0.1) is 0 Å². The van der Waals surface area contributed by atoms with Gasteiger partial charge in [-0.3, -0.25) is 4.90 Å². The highest BCUT2D eigenvalue weighted by atomic mass is 16.5. The molecule has 2 fully saturated rings. The molecule has 0 radical (unpaired) electrons. The molecule has 2 aliphatic heterocycles. The summed E-state index contributed by atoms with van der Waals surface area (Å²) in [4.78, 5) is 4.95. The molecule has 2 aliphatic rings. The number of hydrogen-bond acceptors (Lipinski definition) is 4. The van der Waals surface area contributed by atoms with Crippen LogP contribution in [0.3, 0.4) is 0 Å². The standard InChI is InChI=1S/C11H23N3O/c1-9-5-13(2)3-4-14(9)6-10-7-15-8-11(10)12/h9-11H,3-8,12H2,1-2H3. The van der Waals surface area contributed by atoms with Gasteiger partial charge in [0.2, 0.25) is 0 Å². The first-order valence-electron chi connectivity index (χ1n) is 5.92. The van der Waals surface area contributed by atoms with Crippen molar-refractivity contribution in [3.8, 4) is 0 Å². The van der Waals surface area contributed by atoms with Gasteiger partial charge in [-0.1, -0.05) is 0 Å².